The van der Waals surface area contributed by atoms with Crippen molar-refractivity contribution in [2.45, 2.75) is 31.6 Å². The van der Waals surface area contributed by atoms with Gasteiger partial charge in [-0.2, -0.15) is 0 Å². The molecule has 0 atom stereocenters. The van der Waals surface area contributed by atoms with Crippen molar-refractivity contribution in [2.24, 2.45) is 5.92 Å². The Morgan fingerprint density at radius 2 is 1.39 bits per heavy atom. The van der Waals surface area contributed by atoms with E-state index in [-0.39, 0.29) is 23.6 Å². The summed E-state index contributed by atoms with van der Waals surface area (Å²) in [6.45, 7) is 2.72. The molecule has 1 amide bonds. The Labute approximate surface area is 196 Å². The number of carbonyl (C=O) groups excluding carboxylic acids is 1. The highest BCUT2D eigenvalue weighted by Gasteiger charge is 2.32. The Kier molecular flexibility index (Phi) is 7.26. The number of sulfonamides is 1. The molecule has 1 saturated heterocycles. The van der Waals surface area contributed by atoms with E-state index in [0.29, 0.717) is 25.9 Å². The molecule has 3 aromatic rings. The number of rotatable bonds is 7. The standard InChI is InChI=1S/C27H30N2O3S/c1-21-12-14-22(15-13-21)20-33(31,32)29-18-16-25(17-19-29)27(30)28-26(23-8-4-2-5-9-23)24-10-6-3-7-11-24/h2-15,25-26H,16-20H2,1H3,(H,28,30). The first-order valence-corrected chi connectivity index (χ1v) is 13.0. The van der Waals surface area contributed by atoms with Crippen molar-refractivity contribution in [3.8, 4) is 0 Å². The molecular weight excluding hydrogens is 432 g/mol. The summed E-state index contributed by atoms with van der Waals surface area (Å²) < 4.78 is 27.3. The zero-order valence-electron chi connectivity index (χ0n) is 18.9. The van der Waals surface area contributed by atoms with Crippen LogP contribution in [0.15, 0.2) is 84.9 Å². The summed E-state index contributed by atoms with van der Waals surface area (Å²) in [5.41, 5.74) is 3.94. The monoisotopic (exact) mass is 462 g/mol. The van der Waals surface area contributed by atoms with Crippen LogP contribution < -0.4 is 5.32 Å². The fourth-order valence-corrected chi connectivity index (χ4v) is 5.86. The average Bonchev–Trinajstić information content (AvgIpc) is 2.85. The van der Waals surface area contributed by atoms with E-state index >= 15 is 0 Å². The summed E-state index contributed by atoms with van der Waals surface area (Å²) in [5.74, 6) is -0.233. The first-order valence-electron chi connectivity index (χ1n) is 11.4. The van der Waals surface area contributed by atoms with Crippen molar-refractivity contribution < 1.29 is 13.2 Å². The molecule has 0 spiro atoms. The molecule has 6 heteroatoms. The quantitative estimate of drug-likeness (QED) is 0.564. The minimum Gasteiger partial charge on any atom is -0.345 e. The third-order valence-electron chi connectivity index (χ3n) is 6.24. The Balaban J connectivity index is 1.39. The van der Waals surface area contributed by atoms with Gasteiger partial charge in [-0.15, -0.1) is 0 Å². The third-order valence-corrected chi connectivity index (χ3v) is 8.09. The Morgan fingerprint density at radius 1 is 0.879 bits per heavy atom. The highest BCUT2D eigenvalue weighted by molar-refractivity contribution is 7.88. The zero-order chi connectivity index (χ0) is 23.3. The second kappa shape index (κ2) is 10.3. The molecule has 0 bridgehead atoms. The summed E-state index contributed by atoms with van der Waals surface area (Å²) in [5, 5.41) is 3.21. The zero-order valence-corrected chi connectivity index (χ0v) is 19.7. The van der Waals surface area contributed by atoms with Gasteiger partial charge in [0, 0.05) is 19.0 Å². The van der Waals surface area contributed by atoms with Crippen LogP contribution in [-0.2, 0) is 20.6 Å². The maximum atomic E-state index is 13.2. The topological polar surface area (TPSA) is 66.5 Å². The predicted molar refractivity (Wildman–Crippen MR) is 131 cm³/mol. The van der Waals surface area contributed by atoms with E-state index in [2.05, 4.69) is 5.32 Å². The predicted octanol–water partition coefficient (Wildman–Crippen LogP) is 4.44. The largest absolute Gasteiger partial charge is 0.345 e. The maximum Gasteiger partial charge on any atom is 0.223 e. The number of aryl methyl sites for hydroxylation is 1. The molecule has 1 heterocycles. The van der Waals surface area contributed by atoms with Gasteiger partial charge in [-0.3, -0.25) is 4.79 Å². The number of hydrogen-bond donors (Lipinski definition) is 1. The van der Waals surface area contributed by atoms with Gasteiger partial charge >= 0.3 is 0 Å². The van der Waals surface area contributed by atoms with Crippen molar-refractivity contribution in [1.29, 1.82) is 0 Å². The summed E-state index contributed by atoms with van der Waals surface area (Å²) in [6, 6.07) is 27.2. The highest BCUT2D eigenvalue weighted by Crippen LogP contribution is 2.26. The van der Waals surface area contributed by atoms with Crippen LogP contribution in [0.25, 0.3) is 0 Å². The summed E-state index contributed by atoms with van der Waals surface area (Å²) in [7, 11) is -3.41. The molecule has 4 rings (SSSR count). The van der Waals surface area contributed by atoms with Crippen molar-refractivity contribution in [3.63, 3.8) is 0 Å². The Bertz CT molecular complexity index is 1120. The van der Waals surface area contributed by atoms with Crippen LogP contribution in [0.1, 0.15) is 41.1 Å². The van der Waals surface area contributed by atoms with E-state index in [9.17, 15) is 13.2 Å². The molecule has 1 fully saturated rings. The highest BCUT2D eigenvalue weighted by atomic mass is 32.2. The van der Waals surface area contributed by atoms with Gasteiger partial charge in [-0.05, 0) is 36.5 Å². The van der Waals surface area contributed by atoms with E-state index in [4.69, 9.17) is 0 Å². The molecule has 1 N–H and O–H groups in total. The van der Waals surface area contributed by atoms with Gasteiger partial charge in [0.25, 0.3) is 0 Å². The molecule has 1 aliphatic heterocycles. The number of carbonyl (C=O) groups is 1. The lowest BCUT2D eigenvalue weighted by atomic mass is 9.94. The number of nitrogens with one attached hydrogen (secondary N) is 1. The van der Waals surface area contributed by atoms with Gasteiger partial charge in [-0.25, -0.2) is 12.7 Å². The lowest BCUT2D eigenvalue weighted by Gasteiger charge is -2.31. The molecule has 0 radical (unpaired) electrons. The second-order valence-electron chi connectivity index (χ2n) is 8.68. The van der Waals surface area contributed by atoms with E-state index in [0.717, 1.165) is 22.3 Å². The van der Waals surface area contributed by atoms with Crippen LogP contribution in [0, 0.1) is 12.8 Å². The SMILES string of the molecule is Cc1ccc(CS(=O)(=O)N2CCC(C(=O)NC(c3ccccc3)c3ccccc3)CC2)cc1. The smallest absolute Gasteiger partial charge is 0.223 e. The van der Waals surface area contributed by atoms with E-state index in [1.807, 2.05) is 91.9 Å². The molecule has 0 aromatic heterocycles. The number of nitrogens with zero attached hydrogens (tertiary/aromatic N) is 1. The van der Waals surface area contributed by atoms with Gasteiger partial charge < -0.3 is 5.32 Å². The summed E-state index contributed by atoms with van der Waals surface area (Å²) in [4.78, 5) is 13.2. The maximum absolute atomic E-state index is 13.2. The van der Waals surface area contributed by atoms with Crippen molar-refractivity contribution in [1.82, 2.24) is 9.62 Å². The Hall–Kier alpha value is -2.96. The molecule has 3 aromatic carbocycles. The molecule has 5 nitrogen and oxygen atoms in total. The molecule has 0 unspecified atom stereocenters. The molecular formula is C27H30N2O3S. The summed E-state index contributed by atoms with van der Waals surface area (Å²) in [6.07, 6.45) is 1.05. The van der Waals surface area contributed by atoms with Crippen LogP contribution in [0.2, 0.25) is 0 Å². The number of piperidine rings is 1. The minimum absolute atomic E-state index is 0.00572. The third kappa shape index (κ3) is 5.89. The van der Waals surface area contributed by atoms with Crippen LogP contribution in [0.3, 0.4) is 0 Å². The molecule has 33 heavy (non-hydrogen) atoms. The number of hydrogen-bond acceptors (Lipinski definition) is 3. The van der Waals surface area contributed by atoms with Crippen molar-refractivity contribution in [3.05, 3.63) is 107 Å². The average molecular weight is 463 g/mol. The van der Waals surface area contributed by atoms with Crippen LogP contribution in [0.4, 0.5) is 0 Å². The fraction of sp³-hybridized carbons (Fsp3) is 0.296. The van der Waals surface area contributed by atoms with Gasteiger partial charge in [0.05, 0.1) is 11.8 Å². The van der Waals surface area contributed by atoms with Crippen molar-refractivity contribution >= 4 is 15.9 Å². The first-order chi connectivity index (χ1) is 15.9. The fourth-order valence-electron chi connectivity index (χ4n) is 4.29. The molecule has 0 aliphatic carbocycles. The first kappa shape index (κ1) is 23.2. The normalized spacial score (nSPS) is 15.5. The van der Waals surface area contributed by atoms with E-state index in [1.165, 1.54) is 4.31 Å². The van der Waals surface area contributed by atoms with E-state index < -0.39 is 10.0 Å². The number of benzene rings is 3. The Morgan fingerprint density at radius 3 is 1.91 bits per heavy atom. The molecule has 0 saturated carbocycles. The van der Waals surface area contributed by atoms with Crippen LogP contribution >= 0.6 is 0 Å². The molecule has 172 valence electrons. The lowest BCUT2D eigenvalue weighted by Crippen LogP contribution is -2.44. The van der Waals surface area contributed by atoms with Gasteiger partial charge in [0.2, 0.25) is 15.9 Å². The minimum atomic E-state index is -3.41. The lowest BCUT2D eigenvalue weighted by molar-refractivity contribution is -0.126. The van der Waals surface area contributed by atoms with Gasteiger partial charge in [0.1, 0.15) is 0 Å². The second-order valence-corrected chi connectivity index (χ2v) is 10.6. The summed E-state index contributed by atoms with van der Waals surface area (Å²) >= 11 is 0. The molecule has 1 aliphatic rings. The van der Waals surface area contributed by atoms with Gasteiger partial charge in [0.15, 0.2) is 0 Å². The van der Waals surface area contributed by atoms with Crippen LogP contribution in [0.5, 0.6) is 0 Å². The van der Waals surface area contributed by atoms with Crippen molar-refractivity contribution in [2.75, 3.05) is 13.1 Å². The van der Waals surface area contributed by atoms with E-state index in [1.54, 1.807) is 0 Å². The number of amides is 1. The van der Waals surface area contributed by atoms with Crippen LogP contribution in [-0.4, -0.2) is 31.7 Å². The van der Waals surface area contributed by atoms with Gasteiger partial charge in [-0.1, -0.05) is 90.5 Å².